The van der Waals surface area contributed by atoms with Crippen LogP contribution in [-0.4, -0.2) is 39.6 Å². The molecule has 9 nitrogen and oxygen atoms in total. The topological polar surface area (TPSA) is 134 Å². The number of imidazole rings is 1. The minimum absolute atomic E-state index is 0.321. The van der Waals surface area contributed by atoms with Crippen molar-refractivity contribution >= 4 is 28.5 Å². The molecule has 0 aliphatic carbocycles. The molecule has 0 aliphatic heterocycles. The molecule has 1 aromatic heterocycles. The maximum absolute atomic E-state index is 13.3. The Bertz CT molecular complexity index is 1380. The summed E-state index contributed by atoms with van der Waals surface area (Å²) in [6.07, 6.45) is -0.144. The van der Waals surface area contributed by atoms with E-state index >= 15 is 0 Å². The second kappa shape index (κ2) is 11.2. The second-order valence-corrected chi connectivity index (χ2v) is 8.99. The van der Waals surface area contributed by atoms with Crippen LogP contribution in [-0.2, 0) is 4.79 Å². The van der Waals surface area contributed by atoms with Crippen molar-refractivity contribution in [1.29, 1.82) is 0 Å². The summed E-state index contributed by atoms with van der Waals surface area (Å²) in [6, 6.07) is 18.0. The predicted molar refractivity (Wildman–Crippen MR) is 142 cm³/mol. The highest BCUT2D eigenvalue weighted by Gasteiger charge is 2.33. The number of hydrogen-bond donors (Lipinski definition) is 4. The first-order valence-electron chi connectivity index (χ1n) is 12.1. The van der Waals surface area contributed by atoms with Crippen molar-refractivity contribution in [3.05, 3.63) is 89.7 Å². The highest BCUT2D eigenvalue weighted by atomic mass is 16.5. The van der Waals surface area contributed by atoms with E-state index < -0.39 is 24.0 Å². The van der Waals surface area contributed by atoms with Gasteiger partial charge in [-0.2, -0.15) is 0 Å². The van der Waals surface area contributed by atoms with Crippen LogP contribution in [0.5, 0.6) is 5.75 Å². The zero-order valence-electron chi connectivity index (χ0n) is 21.0. The number of hydrogen-bond acceptors (Lipinski definition) is 6. The SMILES string of the molecule is CCOc1cccc(C(NC(=O)c2ccc(C(C)C)cc2)C(O)C(=O)N(N)c2ccc3nc[nH]c3c2)c1. The molecule has 2 amide bonds. The molecule has 0 bridgehead atoms. The van der Waals surface area contributed by atoms with Crippen molar-refractivity contribution in [3.8, 4) is 5.75 Å². The quantitative estimate of drug-likeness (QED) is 0.157. The highest BCUT2D eigenvalue weighted by Crippen LogP contribution is 2.26. The Balaban J connectivity index is 1.63. The van der Waals surface area contributed by atoms with Gasteiger partial charge in [0, 0.05) is 5.56 Å². The fourth-order valence-corrected chi connectivity index (χ4v) is 4.04. The van der Waals surface area contributed by atoms with E-state index in [1.165, 1.54) is 6.33 Å². The number of anilines is 1. The summed E-state index contributed by atoms with van der Waals surface area (Å²) in [7, 11) is 0. The van der Waals surface area contributed by atoms with Gasteiger partial charge in [-0.25, -0.2) is 15.8 Å². The first-order valence-corrected chi connectivity index (χ1v) is 12.1. The monoisotopic (exact) mass is 501 g/mol. The summed E-state index contributed by atoms with van der Waals surface area (Å²) < 4.78 is 5.59. The van der Waals surface area contributed by atoms with Crippen LogP contribution >= 0.6 is 0 Å². The van der Waals surface area contributed by atoms with Crippen LogP contribution < -0.4 is 20.9 Å². The van der Waals surface area contributed by atoms with Gasteiger partial charge in [0.1, 0.15) is 5.75 Å². The van der Waals surface area contributed by atoms with Gasteiger partial charge in [-0.15, -0.1) is 0 Å². The zero-order chi connectivity index (χ0) is 26.5. The van der Waals surface area contributed by atoms with Gasteiger partial charge in [-0.1, -0.05) is 38.1 Å². The number of rotatable bonds is 9. The molecule has 2 atom stereocenters. The Morgan fingerprint density at radius 2 is 1.84 bits per heavy atom. The minimum Gasteiger partial charge on any atom is -0.494 e. The van der Waals surface area contributed by atoms with Crippen LogP contribution in [0.25, 0.3) is 11.0 Å². The Kier molecular flexibility index (Phi) is 7.86. The average Bonchev–Trinajstić information content (AvgIpc) is 3.39. The van der Waals surface area contributed by atoms with Crippen LogP contribution in [0.4, 0.5) is 5.69 Å². The van der Waals surface area contributed by atoms with E-state index in [0.29, 0.717) is 46.1 Å². The average molecular weight is 502 g/mol. The summed E-state index contributed by atoms with van der Waals surface area (Å²) in [5.74, 6) is 5.78. The summed E-state index contributed by atoms with van der Waals surface area (Å²) in [4.78, 5) is 33.6. The molecule has 2 unspecified atom stereocenters. The molecule has 0 spiro atoms. The van der Waals surface area contributed by atoms with Gasteiger partial charge in [-0.05, 0) is 66.4 Å². The molecule has 0 saturated heterocycles. The number of aliphatic hydroxyl groups excluding tert-OH is 1. The maximum atomic E-state index is 13.3. The molecule has 192 valence electrons. The number of H-pyrrole nitrogens is 1. The van der Waals surface area contributed by atoms with E-state index in [9.17, 15) is 14.7 Å². The molecule has 5 N–H and O–H groups in total. The van der Waals surface area contributed by atoms with Gasteiger partial charge in [0.25, 0.3) is 11.8 Å². The molecule has 3 aromatic carbocycles. The molecule has 0 radical (unpaired) electrons. The summed E-state index contributed by atoms with van der Waals surface area (Å²) in [5, 5.41) is 14.9. The van der Waals surface area contributed by atoms with Crippen molar-refractivity contribution in [1.82, 2.24) is 15.3 Å². The number of aromatic amines is 1. The van der Waals surface area contributed by atoms with Crippen LogP contribution in [0, 0.1) is 0 Å². The van der Waals surface area contributed by atoms with Gasteiger partial charge in [0.15, 0.2) is 6.10 Å². The number of hydrazine groups is 1. The van der Waals surface area contributed by atoms with Crippen LogP contribution in [0.15, 0.2) is 73.1 Å². The lowest BCUT2D eigenvalue weighted by Gasteiger charge is -2.27. The number of aromatic nitrogens is 2. The fourth-order valence-electron chi connectivity index (χ4n) is 4.04. The van der Waals surface area contributed by atoms with Crippen molar-refractivity contribution in [2.45, 2.75) is 38.8 Å². The third-order valence-electron chi connectivity index (χ3n) is 6.14. The number of carbonyl (C=O) groups is 2. The lowest BCUT2D eigenvalue weighted by atomic mass is 9.98. The van der Waals surface area contributed by atoms with Crippen LogP contribution in [0.1, 0.15) is 54.2 Å². The van der Waals surface area contributed by atoms with E-state index in [2.05, 4.69) is 29.1 Å². The molecule has 37 heavy (non-hydrogen) atoms. The van der Waals surface area contributed by atoms with Crippen molar-refractivity contribution in [3.63, 3.8) is 0 Å². The largest absolute Gasteiger partial charge is 0.494 e. The van der Waals surface area contributed by atoms with Gasteiger partial charge in [0.2, 0.25) is 0 Å². The number of nitrogens with one attached hydrogen (secondary N) is 2. The summed E-state index contributed by atoms with van der Waals surface area (Å²) >= 11 is 0. The number of carbonyl (C=O) groups excluding carboxylic acids is 2. The first kappa shape index (κ1) is 25.9. The smallest absolute Gasteiger partial charge is 0.272 e. The minimum atomic E-state index is -1.68. The van der Waals surface area contributed by atoms with Gasteiger partial charge in [-0.3, -0.25) is 9.59 Å². The molecule has 0 aliphatic rings. The fraction of sp³-hybridized carbons (Fsp3) is 0.250. The number of benzene rings is 3. The molecular formula is C28H31N5O4. The highest BCUT2D eigenvalue weighted by molar-refractivity contribution is 5.99. The normalized spacial score (nSPS) is 12.8. The molecule has 4 rings (SSSR count). The standard InChI is InChI=1S/C28H31N5O4/c1-4-37-22-7-5-6-20(14-22)25(32-27(35)19-10-8-18(9-11-19)17(2)3)26(34)28(36)33(29)21-12-13-23-24(15-21)31-16-30-23/h5-17,25-26,34H,4,29H2,1-3H3,(H,30,31)(H,32,35). The summed E-state index contributed by atoms with van der Waals surface area (Å²) in [6.45, 7) is 6.44. The Morgan fingerprint density at radius 1 is 1.08 bits per heavy atom. The van der Waals surface area contributed by atoms with E-state index in [0.717, 1.165) is 10.6 Å². The van der Waals surface area contributed by atoms with Crippen molar-refractivity contribution in [2.24, 2.45) is 5.84 Å². The Morgan fingerprint density at radius 3 is 2.54 bits per heavy atom. The van der Waals surface area contributed by atoms with Gasteiger partial charge in [0.05, 0.1) is 35.7 Å². The molecule has 9 heteroatoms. The predicted octanol–water partition coefficient (Wildman–Crippen LogP) is 3.82. The molecule has 0 fully saturated rings. The van der Waals surface area contributed by atoms with E-state index in [1.807, 2.05) is 19.1 Å². The second-order valence-electron chi connectivity index (χ2n) is 8.99. The number of aliphatic hydroxyl groups is 1. The van der Waals surface area contributed by atoms with Crippen LogP contribution in [0.3, 0.4) is 0 Å². The lowest BCUT2D eigenvalue weighted by Crippen LogP contribution is -2.50. The van der Waals surface area contributed by atoms with Crippen molar-refractivity contribution in [2.75, 3.05) is 11.6 Å². The van der Waals surface area contributed by atoms with E-state index in [1.54, 1.807) is 54.6 Å². The van der Waals surface area contributed by atoms with Gasteiger partial charge >= 0.3 is 0 Å². The summed E-state index contributed by atoms with van der Waals surface area (Å²) in [5.41, 5.74) is 3.76. The zero-order valence-corrected chi connectivity index (χ0v) is 21.0. The third kappa shape index (κ3) is 5.79. The lowest BCUT2D eigenvalue weighted by molar-refractivity contribution is -0.128. The maximum Gasteiger partial charge on any atom is 0.272 e. The van der Waals surface area contributed by atoms with Crippen molar-refractivity contribution < 1.29 is 19.4 Å². The number of amides is 2. The molecule has 1 heterocycles. The number of ether oxygens (including phenoxy) is 1. The third-order valence-corrected chi connectivity index (χ3v) is 6.14. The number of fused-ring (bicyclic) bond motifs is 1. The molecule has 4 aromatic rings. The first-order chi connectivity index (χ1) is 17.8. The Labute approximate surface area is 215 Å². The Hall–Kier alpha value is -4.21. The van der Waals surface area contributed by atoms with Gasteiger partial charge < -0.3 is 20.1 Å². The molecular weight excluding hydrogens is 470 g/mol. The van der Waals surface area contributed by atoms with E-state index in [-0.39, 0.29) is 0 Å². The molecule has 0 saturated carbocycles. The van der Waals surface area contributed by atoms with E-state index in [4.69, 9.17) is 10.6 Å². The van der Waals surface area contributed by atoms with Crippen LogP contribution in [0.2, 0.25) is 0 Å². The number of nitrogens with two attached hydrogens (primary N) is 1. The number of nitrogens with zero attached hydrogens (tertiary/aromatic N) is 2.